The molecule has 2 unspecified atom stereocenters. The average Bonchev–Trinajstić information content (AvgIpc) is 2.53. The molecule has 0 aromatic heterocycles. The zero-order valence-electron chi connectivity index (χ0n) is 8.18. The molecular weight excluding hydrogens is 164 g/mol. The molecule has 0 aromatic rings. The highest BCUT2D eigenvalue weighted by molar-refractivity contribution is 5.83. The highest BCUT2D eigenvalue weighted by Gasteiger charge is 2.36. The molecule has 0 radical (unpaired) electrons. The summed E-state index contributed by atoms with van der Waals surface area (Å²) < 4.78 is 0. The van der Waals surface area contributed by atoms with E-state index in [4.69, 9.17) is 6.42 Å². The maximum atomic E-state index is 11.7. The second-order valence-corrected chi connectivity index (χ2v) is 3.85. The Kier molecular flexibility index (Phi) is 2.94. The molecule has 3 nitrogen and oxygen atoms in total. The molecule has 1 heterocycles. The molecule has 0 spiro atoms. The van der Waals surface area contributed by atoms with Crippen molar-refractivity contribution in [3.05, 3.63) is 0 Å². The number of amides is 1. The Hall–Kier alpha value is -1.01. The third-order valence-electron chi connectivity index (χ3n) is 2.51. The van der Waals surface area contributed by atoms with Gasteiger partial charge in [0.25, 0.3) is 0 Å². The van der Waals surface area contributed by atoms with Crippen molar-refractivity contribution in [1.82, 2.24) is 10.6 Å². The Balaban J connectivity index is 2.52. The predicted molar refractivity (Wildman–Crippen MR) is 52.0 cm³/mol. The lowest BCUT2D eigenvalue weighted by Crippen LogP contribution is -2.43. The van der Waals surface area contributed by atoms with E-state index in [1.54, 1.807) is 0 Å². The quantitative estimate of drug-likeness (QED) is 0.593. The summed E-state index contributed by atoms with van der Waals surface area (Å²) in [5.74, 6) is 2.54. The number of rotatable bonds is 2. The third-order valence-corrected chi connectivity index (χ3v) is 2.51. The van der Waals surface area contributed by atoms with Crippen molar-refractivity contribution in [1.29, 1.82) is 0 Å². The van der Waals surface area contributed by atoms with Gasteiger partial charge in [0.2, 0.25) is 5.91 Å². The number of hydrogen-bond acceptors (Lipinski definition) is 2. The fraction of sp³-hybridized carbons (Fsp3) is 0.700. The van der Waals surface area contributed by atoms with Crippen molar-refractivity contribution in [2.45, 2.75) is 26.3 Å². The van der Waals surface area contributed by atoms with Crippen LogP contribution in [0.15, 0.2) is 0 Å². The first-order valence-electron chi connectivity index (χ1n) is 4.56. The standard InChI is InChI=1S/C10H16N2O/c1-4-8(2)12-9(13)10(3)5-6-11-7-10/h1,8,11H,5-7H2,2-3H3,(H,12,13). The maximum Gasteiger partial charge on any atom is 0.228 e. The zero-order valence-corrected chi connectivity index (χ0v) is 8.18. The van der Waals surface area contributed by atoms with Gasteiger partial charge in [0, 0.05) is 6.54 Å². The van der Waals surface area contributed by atoms with E-state index in [-0.39, 0.29) is 17.4 Å². The van der Waals surface area contributed by atoms with Crippen LogP contribution < -0.4 is 10.6 Å². The van der Waals surface area contributed by atoms with E-state index in [0.29, 0.717) is 0 Å². The van der Waals surface area contributed by atoms with Crippen molar-refractivity contribution in [2.75, 3.05) is 13.1 Å². The number of nitrogens with one attached hydrogen (secondary N) is 2. The van der Waals surface area contributed by atoms with Crippen molar-refractivity contribution in [2.24, 2.45) is 5.41 Å². The molecule has 13 heavy (non-hydrogen) atoms. The van der Waals surface area contributed by atoms with Crippen LogP contribution in [-0.4, -0.2) is 25.0 Å². The topological polar surface area (TPSA) is 41.1 Å². The molecule has 1 aliphatic heterocycles. The summed E-state index contributed by atoms with van der Waals surface area (Å²) in [5.41, 5.74) is -0.273. The van der Waals surface area contributed by atoms with Gasteiger partial charge in [-0.25, -0.2) is 0 Å². The van der Waals surface area contributed by atoms with Gasteiger partial charge in [-0.2, -0.15) is 0 Å². The minimum Gasteiger partial charge on any atom is -0.342 e. The Morgan fingerprint density at radius 2 is 2.46 bits per heavy atom. The van der Waals surface area contributed by atoms with E-state index < -0.39 is 0 Å². The van der Waals surface area contributed by atoms with Gasteiger partial charge in [0.05, 0.1) is 11.5 Å². The van der Waals surface area contributed by atoms with Gasteiger partial charge < -0.3 is 10.6 Å². The average molecular weight is 180 g/mol. The first-order chi connectivity index (χ1) is 6.08. The van der Waals surface area contributed by atoms with E-state index in [0.717, 1.165) is 19.5 Å². The molecule has 1 rings (SSSR count). The lowest BCUT2D eigenvalue weighted by Gasteiger charge is -2.22. The van der Waals surface area contributed by atoms with Crippen LogP contribution in [0.2, 0.25) is 0 Å². The van der Waals surface area contributed by atoms with E-state index in [2.05, 4.69) is 16.6 Å². The summed E-state index contributed by atoms with van der Waals surface area (Å²) in [6, 6.07) is -0.176. The first kappa shape index (κ1) is 10.1. The summed E-state index contributed by atoms with van der Waals surface area (Å²) in [4.78, 5) is 11.7. The van der Waals surface area contributed by atoms with Gasteiger partial charge in [-0.15, -0.1) is 6.42 Å². The summed E-state index contributed by atoms with van der Waals surface area (Å²) in [6.45, 7) is 5.43. The Morgan fingerprint density at radius 1 is 1.77 bits per heavy atom. The SMILES string of the molecule is C#CC(C)NC(=O)C1(C)CCNC1. The van der Waals surface area contributed by atoms with Gasteiger partial charge in [0.15, 0.2) is 0 Å². The fourth-order valence-corrected chi connectivity index (χ4v) is 1.42. The molecule has 3 heteroatoms. The van der Waals surface area contributed by atoms with Crippen LogP contribution in [0.3, 0.4) is 0 Å². The molecule has 2 atom stereocenters. The maximum absolute atomic E-state index is 11.7. The lowest BCUT2D eigenvalue weighted by molar-refractivity contribution is -0.129. The van der Waals surface area contributed by atoms with E-state index in [1.165, 1.54) is 0 Å². The van der Waals surface area contributed by atoms with Crippen LogP contribution in [0.1, 0.15) is 20.3 Å². The van der Waals surface area contributed by atoms with Gasteiger partial charge in [-0.1, -0.05) is 5.92 Å². The predicted octanol–water partition coefficient (Wildman–Crippen LogP) is 0.124. The number of carbonyl (C=O) groups excluding carboxylic acids is 1. The highest BCUT2D eigenvalue weighted by Crippen LogP contribution is 2.24. The Labute approximate surface area is 79.3 Å². The van der Waals surface area contributed by atoms with Crippen molar-refractivity contribution in [3.63, 3.8) is 0 Å². The highest BCUT2D eigenvalue weighted by atomic mass is 16.2. The second-order valence-electron chi connectivity index (χ2n) is 3.85. The molecule has 1 fully saturated rings. The number of hydrogen-bond donors (Lipinski definition) is 2. The molecule has 0 bridgehead atoms. The van der Waals surface area contributed by atoms with Crippen LogP contribution in [0.25, 0.3) is 0 Å². The summed E-state index contributed by atoms with van der Waals surface area (Å²) in [6.07, 6.45) is 6.07. The van der Waals surface area contributed by atoms with Crippen LogP contribution in [0.5, 0.6) is 0 Å². The van der Waals surface area contributed by atoms with E-state index in [9.17, 15) is 4.79 Å². The van der Waals surface area contributed by atoms with Crippen LogP contribution >= 0.6 is 0 Å². The second kappa shape index (κ2) is 3.80. The van der Waals surface area contributed by atoms with Crippen molar-refractivity contribution in [3.8, 4) is 12.3 Å². The third kappa shape index (κ3) is 2.22. The van der Waals surface area contributed by atoms with E-state index >= 15 is 0 Å². The van der Waals surface area contributed by atoms with Gasteiger partial charge in [0.1, 0.15) is 0 Å². The zero-order chi connectivity index (χ0) is 9.90. The molecule has 2 N–H and O–H groups in total. The summed E-state index contributed by atoms with van der Waals surface area (Å²) in [5, 5.41) is 5.97. The molecule has 1 aliphatic rings. The minimum atomic E-state index is -0.273. The molecule has 1 amide bonds. The Bertz CT molecular complexity index is 236. The lowest BCUT2D eigenvalue weighted by atomic mass is 9.88. The first-order valence-corrected chi connectivity index (χ1v) is 4.56. The van der Waals surface area contributed by atoms with Crippen LogP contribution in [-0.2, 0) is 4.79 Å². The molecule has 0 saturated carbocycles. The monoisotopic (exact) mass is 180 g/mol. The number of terminal acetylenes is 1. The van der Waals surface area contributed by atoms with Crippen molar-refractivity contribution >= 4 is 5.91 Å². The molecule has 72 valence electrons. The smallest absolute Gasteiger partial charge is 0.228 e. The van der Waals surface area contributed by atoms with Crippen LogP contribution in [0, 0.1) is 17.8 Å². The van der Waals surface area contributed by atoms with Crippen LogP contribution in [0.4, 0.5) is 0 Å². The molecule has 0 aromatic carbocycles. The number of carbonyl (C=O) groups is 1. The largest absolute Gasteiger partial charge is 0.342 e. The minimum absolute atomic E-state index is 0.0583. The van der Waals surface area contributed by atoms with Gasteiger partial charge in [-0.3, -0.25) is 4.79 Å². The van der Waals surface area contributed by atoms with E-state index in [1.807, 2.05) is 13.8 Å². The fourth-order valence-electron chi connectivity index (χ4n) is 1.42. The van der Waals surface area contributed by atoms with Gasteiger partial charge in [-0.05, 0) is 26.8 Å². The van der Waals surface area contributed by atoms with Gasteiger partial charge >= 0.3 is 0 Å². The summed E-state index contributed by atoms with van der Waals surface area (Å²) >= 11 is 0. The summed E-state index contributed by atoms with van der Waals surface area (Å²) in [7, 11) is 0. The molecule has 0 aliphatic carbocycles. The van der Waals surface area contributed by atoms with Crippen molar-refractivity contribution < 1.29 is 4.79 Å². The Morgan fingerprint density at radius 3 is 2.92 bits per heavy atom. The molecular formula is C10H16N2O. The molecule has 1 saturated heterocycles. The normalized spacial score (nSPS) is 29.3.